The first-order valence-corrected chi connectivity index (χ1v) is 6.41. The second kappa shape index (κ2) is 5.23. The molecule has 0 saturated heterocycles. The smallest absolute Gasteiger partial charge is 0.139 e. The van der Waals surface area contributed by atoms with Gasteiger partial charge in [0, 0.05) is 11.6 Å². The maximum Gasteiger partial charge on any atom is 0.139 e. The maximum atomic E-state index is 13.3. The van der Waals surface area contributed by atoms with Crippen LogP contribution in [0.5, 0.6) is 5.75 Å². The van der Waals surface area contributed by atoms with Gasteiger partial charge in [-0.1, -0.05) is 30.9 Å². The van der Waals surface area contributed by atoms with Crippen molar-refractivity contribution in [3.8, 4) is 5.75 Å². The number of rotatable bonds is 2. The Hall–Kier alpha value is -0.800. The summed E-state index contributed by atoms with van der Waals surface area (Å²) in [6.07, 6.45) is 5.62. The van der Waals surface area contributed by atoms with Crippen molar-refractivity contribution in [1.82, 2.24) is 0 Å². The Labute approximate surface area is 106 Å². The van der Waals surface area contributed by atoms with Crippen molar-refractivity contribution >= 4 is 11.6 Å². The quantitative estimate of drug-likeness (QED) is 0.847. The molecule has 1 saturated carbocycles. The van der Waals surface area contributed by atoms with E-state index in [1.54, 1.807) is 0 Å². The zero-order valence-electron chi connectivity index (χ0n) is 9.63. The Kier molecular flexibility index (Phi) is 3.89. The molecule has 4 heteroatoms. The van der Waals surface area contributed by atoms with E-state index >= 15 is 0 Å². The number of nitrogens with two attached hydrogens (primary N) is 1. The van der Waals surface area contributed by atoms with Crippen LogP contribution in [0, 0.1) is 11.7 Å². The Morgan fingerprint density at radius 1 is 1.29 bits per heavy atom. The lowest BCUT2D eigenvalue weighted by atomic mass is 9.81. The SMILES string of the molecule is N[C@@H](c1cc(F)cc(Cl)c1O)C1CCCCC1. The fourth-order valence-electron chi connectivity index (χ4n) is 2.59. The molecule has 17 heavy (non-hydrogen) atoms. The van der Waals surface area contributed by atoms with E-state index in [0.717, 1.165) is 31.7 Å². The third-order valence-corrected chi connectivity index (χ3v) is 3.86. The molecule has 0 spiro atoms. The third kappa shape index (κ3) is 2.72. The first-order valence-electron chi connectivity index (χ1n) is 6.03. The van der Waals surface area contributed by atoms with Crippen LogP contribution in [-0.2, 0) is 0 Å². The standard InChI is InChI=1S/C13H17ClFNO/c14-11-7-9(15)6-10(13(11)17)12(16)8-4-2-1-3-5-8/h6-8,12,17H,1-5,16H2/t12-/m1/s1. The number of benzene rings is 1. The summed E-state index contributed by atoms with van der Waals surface area (Å²) < 4.78 is 13.3. The number of phenols is 1. The highest BCUT2D eigenvalue weighted by Gasteiger charge is 2.25. The van der Waals surface area contributed by atoms with Crippen molar-refractivity contribution in [3.63, 3.8) is 0 Å². The van der Waals surface area contributed by atoms with Crippen LogP contribution in [0.25, 0.3) is 0 Å². The van der Waals surface area contributed by atoms with E-state index in [1.165, 1.54) is 12.5 Å². The predicted octanol–water partition coefficient (Wildman–Crippen LogP) is 3.76. The van der Waals surface area contributed by atoms with Gasteiger partial charge >= 0.3 is 0 Å². The third-order valence-electron chi connectivity index (χ3n) is 3.57. The van der Waals surface area contributed by atoms with Crippen molar-refractivity contribution in [2.24, 2.45) is 11.7 Å². The lowest BCUT2D eigenvalue weighted by molar-refractivity contribution is 0.302. The summed E-state index contributed by atoms with van der Waals surface area (Å²) in [5.74, 6) is -0.215. The van der Waals surface area contributed by atoms with Crippen LogP contribution >= 0.6 is 11.6 Å². The first kappa shape index (κ1) is 12.7. The van der Waals surface area contributed by atoms with E-state index in [4.69, 9.17) is 17.3 Å². The van der Waals surface area contributed by atoms with Crippen LogP contribution in [-0.4, -0.2) is 5.11 Å². The minimum Gasteiger partial charge on any atom is -0.506 e. The highest BCUT2D eigenvalue weighted by molar-refractivity contribution is 6.32. The fourth-order valence-corrected chi connectivity index (χ4v) is 2.80. The van der Waals surface area contributed by atoms with Gasteiger partial charge < -0.3 is 10.8 Å². The van der Waals surface area contributed by atoms with Crippen molar-refractivity contribution in [1.29, 1.82) is 0 Å². The molecule has 1 atom stereocenters. The van der Waals surface area contributed by atoms with Crippen molar-refractivity contribution in [2.45, 2.75) is 38.1 Å². The minimum absolute atomic E-state index is 0.0336. The number of halogens is 2. The molecule has 0 unspecified atom stereocenters. The number of hydrogen-bond acceptors (Lipinski definition) is 2. The van der Waals surface area contributed by atoms with Crippen LogP contribution in [0.2, 0.25) is 5.02 Å². The molecule has 1 aliphatic rings. The van der Waals surface area contributed by atoms with E-state index in [-0.39, 0.29) is 16.8 Å². The van der Waals surface area contributed by atoms with Gasteiger partial charge in [-0.15, -0.1) is 0 Å². The predicted molar refractivity (Wildman–Crippen MR) is 66.6 cm³/mol. The summed E-state index contributed by atoms with van der Waals surface area (Å²) >= 11 is 5.76. The van der Waals surface area contributed by atoms with Gasteiger partial charge in [0.05, 0.1) is 5.02 Å². The highest BCUT2D eigenvalue weighted by atomic mass is 35.5. The van der Waals surface area contributed by atoms with Crippen LogP contribution in [0.4, 0.5) is 4.39 Å². The largest absolute Gasteiger partial charge is 0.506 e. The Balaban J connectivity index is 2.26. The zero-order valence-corrected chi connectivity index (χ0v) is 10.4. The molecular weight excluding hydrogens is 241 g/mol. The van der Waals surface area contributed by atoms with Gasteiger partial charge in [-0.05, 0) is 30.9 Å². The molecule has 0 bridgehead atoms. The van der Waals surface area contributed by atoms with E-state index in [9.17, 15) is 9.50 Å². The van der Waals surface area contributed by atoms with E-state index in [0.29, 0.717) is 11.5 Å². The summed E-state index contributed by atoms with van der Waals surface area (Å²) in [6, 6.07) is 2.07. The van der Waals surface area contributed by atoms with Gasteiger partial charge in [-0.3, -0.25) is 0 Å². The van der Waals surface area contributed by atoms with Crippen molar-refractivity contribution < 1.29 is 9.50 Å². The normalized spacial score (nSPS) is 19.2. The number of aromatic hydroxyl groups is 1. The highest BCUT2D eigenvalue weighted by Crippen LogP contribution is 2.39. The number of phenolic OH excluding ortho intramolecular Hbond substituents is 1. The second-order valence-corrected chi connectivity index (χ2v) is 5.16. The van der Waals surface area contributed by atoms with E-state index in [2.05, 4.69) is 0 Å². The topological polar surface area (TPSA) is 46.2 Å². The van der Waals surface area contributed by atoms with Gasteiger partial charge in [0.2, 0.25) is 0 Å². The lowest BCUT2D eigenvalue weighted by Crippen LogP contribution is -2.23. The molecule has 1 aromatic carbocycles. The molecule has 0 aromatic heterocycles. The van der Waals surface area contributed by atoms with Gasteiger partial charge in [-0.25, -0.2) is 4.39 Å². The summed E-state index contributed by atoms with van der Waals surface area (Å²) in [4.78, 5) is 0. The van der Waals surface area contributed by atoms with E-state index in [1.807, 2.05) is 0 Å². The average Bonchev–Trinajstić information content (AvgIpc) is 2.34. The van der Waals surface area contributed by atoms with Crippen molar-refractivity contribution in [3.05, 3.63) is 28.5 Å². The summed E-state index contributed by atoms with van der Waals surface area (Å²) in [6.45, 7) is 0. The zero-order chi connectivity index (χ0) is 12.4. The molecule has 0 heterocycles. The molecule has 94 valence electrons. The Morgan fingerprint density at radius 3 is 2.59 bits per heavy atom. The van der Waals surface area contributed by atoms with Crippen LogP contribution in [0.3, 0.4) is 0 Å². The van der Waals surface area contributed by atoms with Crippen LogP contribution < -0.4 is 5.73 Å². The van der Waals surface area contributed by atoms with Gasteiger partial charge in [0.25, 0.3) is 0 Å². The maximum absolute atomic E-state index is 13.3. The monoisotopic (exact) mass is 257 g/mol. The molecule has 1 aromatic rings. The first-order chi connectivity index (χ1) is 8.09. The Morgan fingerprint density at radius 2 is 1.94 bits per heavy atom. The van der Waals surface area contributed by atoms with Crippen LogP contribution in [0.1, 0.15) is 43.7 Å². The molecule has 3 N–H and O–H groups in total. The molecule has 0 aliphatic heterocycles. The van der Waals surface area contributed by atoms with Gasteiger partial charge in [-0.2, -0.15) is 0 Å². The van der Waals surface area contributed by atoms with Crippen LogP contribution in [0.15, 0.2) is 12.1 Å². The summed E-state index contributed by atoms with van der Waals surface area (Å²) in [5.41, 5.74) is 6.56. The molecule has 2 rings (SSSR count). The Bertz CT molecular complexity index is 405. The molecule has 1 fully saturated rings. The minimum atomic E-state index is -0.450. The molecular formula is C13H17ClFNO. The fraction of sp³-hybridized carbons (Fsp3) is 0.538. The number of hydrogen-bond donors (Lipinski definition) is 2. The van der Waals surface area contributed by atoms with Gasteiger partial charge in [0.1, 0.15) is 11.6 Å². The molecule has 1 aliphatic carbocycles. The molecule has 2 nitrogen and oxygen atoms in total. The van der Waals surface area contributed by atoms with Gasteiger partial charge in [0.15, 0.2) is 0 Å². The summed E-state index contributed by atoms with van der Waals surface area (Å²) in [7, 11) is 0. The second-order valence-electron chi connectivity index (χ2n) is 4.75. The lowest BCUT2D eigenvalue weighted by Gasteiger charge is -2.28. The molecule has 0 radical (unpaired) electrons. The summed E-state index contributed by atoms with van der Waals surface area (Å²) in [5, 5.41) is 9.88. The molecule has 0 amide bonds. The average molecular weight is 258 g/mol. The van der Waals surface area contributed by atoms with Crippen molar-refractivity contribution in [2.75, 3.05) is 0 Å². The van der Waals surface area contributed by atoms with E-state index < -0.39 is 5.82 Å².